The van der Waals surface area contributed by atoms with Gasteiger partial charge in [0.25, 0.3) is 5.91 Å². The molecule has 1 amide bonds. The molecule has 0 bridgehead atoms. The van der Waals surface area contributed by atoms with Crippen LogP contribution in [0.2, 0.25) is 0 Å². The maximum absolute atomic E-state index is 12.9. The molecule has 0 aliphatic rings. The van der Waals surface area contributed by atoms with Crippen molar-refractivity contribution in [2.75, 3.05) is 5.32 Å². The van der Waals surface area contributed by atoms with Crippen molar-refractivity contribution >= 4 is 33.4 Å². The molecule has 6 rings (SSSR count). The van der Waals surface area contributed by atoms with Crippen molar-refractivity contribution in [1.82, 2.24) is 24.7 Å². The third kappa shape index (κ3) is 3.80. The van der Waals surface area contributed by atoms with Crippen molar-refractivity contribution in [2.45, 2.75) is 6.54 Å². The summed E-state index contributed by atoms with van der Waals surface area (Å²) in [5, 5.41) is 10.7. The van der Waals surface area contributed by atoms with Crippen LogP contribution in [0.15, 0.2) is 97.7 Å². The predicted molar refractivity (Wildman–Crippen MR) is 133 cm³/mol. The first-order valence-corrected chi connectivity index (χ1v) is 10.9. The van der Waals surface area contributed by atoms with Gasteiger partial charge in [0.15, 0.2) is 0 Å². The smallest absolute Gasteiger partial charge is 0.255 e. The molecular weight excluding hydrogens is 424 g/mol. The van der Waals surface area contributed by atoms with Crippen molar-refractivity contribution in [3.63, 3.8) is 0 Å². The number of hydrogen-bond acceptors (Lipinski definition) is 4. The molecule has 3 aromatic heterocycles. The number of fused-ring (bicyclic) bond motifs is 2. The van der Waals surface area contributed by atoms with Gasteiger partial charge in [-0.25, -0.2) is 9.97 Å². The first-order chi connectivity index (χ1) is 16.7. The zero-order valence-corrected chi connectivity index (χ0v) is 18.1. The Morgan fingerprint density at radius 2 is 1.85 bits per heavy atom. The maximum Gasteiger partial charge on any atom is 0.255 e. The number of benzene rings is 3. The van der Waals surface area contributed by atoms with Crippen molar-refractivity contribution in [3.8, 4) is 11.3 Å². The molecule has 0 spiro atoms. The fraction of sp³-hybridized carbons (Fsp3) is 0.0370. The molecule has 3 heterocycles. The lowest BCUT2D eigenvalue weighted by Crippen LogP contribution is -2.12. The second-order valence-electron chi connectivity index (χ2n) is 8.11. The fourth-order valence-electron chi connectivity index (χ4n) is 4.14. The summed E-state index contributed by atoms with van der Waals surface area (Å²) in [7, 11) is 0. The standard InChI is InChI=1S/C27H20N6O/c34-27(32-23-9-8-19-5-1-2-6-20(19)13-23)21-7-3-4-18(12-21)15-33-16-22(14-31-33)25-24-10-11-28-26(24)30-17-29-25/h1-14,16-17H,15H2,(H,32,34)(H,28,29,30). The largest absolute Gasteiger partial charge is 0.346 e. The van der Waals surface area contributed by atoms with Crippen molar-refractivity contribution in [3.05, 3.63) is 109 Å². The Hall–Kier alpha value is -4.78. The van der Waals surface area contributed by atoms with Gasteiger partial charge in [-0.3, -0.25) is 9.48 Å². The molecule has 6 aromatic rings. The summed E-state index contributed by atoms with van der Waals surface area (Å²) in [6.07, 6.45) is 7.15. The van der Waals surface area contributed by atoms with E-state index in [1.807, 2.05) is 83.8 Å². The molecule has 34 heavy (non-hydrogen) atoms. The van der Waals surface area contributed by atoms with Crippen LogP contribution in [0, 0.1) is 0 Å². The van der Waals surface area contributed by atoms with Crippen molar-refractivity contribution in [2.24, 2.45) is 0 Å². The van der Waals surface area contributed by atoms with E-state index >= 15 is 0 Å². The molecule has 3 aromatic carbocycles. The molecule has 0 aliphatic carbocycles. The zero-order chi connectivity index (χ0) is 22.9. The van der Waals surface area contributed by atoms with E-state index in [9.17, 15) is 4.79 Å². The number of hydrogen-bond donors (Lipinski definition) is 2. The van der Waals surface area contributed by atoms with E-state index in [1.54, 1.807) is 12.5 Å². The average molecular weight is 444 g/mol. The highest BCUT2D eigenvalue weighted by atomic mass is 16.1. The van der Waals surface area contributed by atoms with E-state index < -0.39 is 0 Å². The van der Waals surface area contributed by atoms with Gasteiger partial charge in [0.1, 0.15) is 12.0 Å². The number of carbonyl (C=O) groups excluding carboxylic acids is 1. The van der Waals surface area contributed by atoms with E-state index in [2.05, 4.69) is 31.4 Å². The van der Waals surface area contributed by atoms with Gasteiger partial charge in [-0.15, -0.1) is 0 Å². The van der Waals surface area contributed by atoms with Crippen LogP contribution in [-0.2, 0) is 6.54 Å². The van der Waals surface area contributed by atoms with Gasteiger partial charge < -0.3 is 10.3 Å². The molecule has 0 saturated carbocycles. The summed E-state index contributed by atoms with van der Waals surface area (Å²) in [5.74, 6) is -0.144. The Kier molecular flexibility index (Phi) is 4.85. The van der Waals surface area contributed by atoms with Crippen LogP contribution < -0.4 is 5.32 Å². The van der Waals surface area contributed by atoms with Crippen LogP contribution in [0.1, 0.15) is 15.9 Å². The molecule has 164 valence electrons. The van der Waals surface area contributed by atoms with Crippen LogP contribution in [0.4, 0.5) is 5.69 Å². The van der Waals surface area contributed by atoms with Gasteiger partial charge >= 0.3 is 0 Å². The lowest BCUT2D eigenvalue weighted by molar-refractivity contribution is 0.102. The summed E-state index contributed by atoms with van der Waals surface area (Å²) in [5.41, 5.74) is 4.89. The highest BCUT2D eigenvalue weighted by Crippen LogP contribution is 2.24. The number of nitrogens with zero attached hydrogens (tertiary/aromatic N) is 4. The number of anilines is 1. The Morgan fingerprint density at radius 3 is 2.79 bits per heavy atom. The molecule has 2 N–H and O–H groups in total. The number of aromatic nitrogens is 5. The average Bonchev–Trinajstić information content (AvgIpc) is 3.54. The lowest BCUT2D eigenvalue weighted by Gasteiger charge is -2.08. The van der Waals surface area contributed by atoms with Crippen molar-refractivity contribution in [1.29, 1.82) is 0 Å². The number of aromatic amines is 1. The van der Waals surface area contributed by atoms with Gasteiger partial charge in [-0.2, -0.15) is 5.10 Å². The number of amides is 1. The Labute approximate surface area is 195 Å². The van der Waals surface area contributed by atoms with Crippen molar-refractivity contribution < 1.29 is 4.79 Å². The van der Waals surface area contributed by atoms with Crippen LogP contribution in [-0.4, -0.2) is 30.6 Å². The quantitative estimate of drug-likeness (QED) is 0.379. The molecule has 0 saturated heterocycles. The Morgan fingerprint density at radius 1 is 0.941 bits per heavy atom. The first kappa shape index (κ1) is 19.9. The van der Waals surface area contributed by atoms with Crippen LogP contribution in [0.3, 0.4) is 0 Å². The van der Waals surface area contributed by atoms with Gasteiger partial charge in [0.2, 0.25) is 0 Å². The third-order valence-electron chi connectivity index (χ3n) is 5.80. The summed E-state index contributed by atoms with van der Waals surface area (Å²) >= 11 is 0. The molecular formula is C27H20N6O. The number of rotatable bonds is 5. The number of H-pyrrole nitrogens is 1. The van der Waals surface area contributed by atoms with E-state index in [4.69, 9.17) is 0 Å². The van der Waals surface area contributed by atoms with Crippen LogP contribution >= 0.6 is 0 Å². The second kappa shape index (κ2) is 8.29. The number of nitrogens with one attached hydrogen (secondary N) is 2. The van der Waals surface area contributed by atoms with Gasteiger partial charge in [-0.1, -0.05) is 42.5 Å². The topological polar surface area (TPSA) is 88.5 Å². The van der Waals surface area contributed by atoms with Gasteiger partial charge in [0.05, 0.1) is 18.4 Å². The third-order valence-corrected chi connectivity index (χ3v) is 5.80. The van der Waals surface area contributed by atoms with E-state index in [-0.39, 0.29) is 5.91 Å². The summed E-state index contributed by atoms with van der Waals surface area (Å²) in [6, 6.07) is 23.5. The van der Waals surface area contributed by atoms with Crippen LogP contribution in [0.25, 0.3) is 33.1 Å². The minimum absolute atomic E-state index is 0.144. The zero-order valence-electron chi connectivity index (χ0n) is 18.1. The molecule has 0 aliphatic heterocycles. The normalized spacial score (nSPS) is 11.2. The SMILES string of the molecule is O=C(Nc1ccc2ccccc2c1)c1cccc(Cn2cc(-c3ncnc4[nH]ccc34)cn2)c1. The van der Waals surface area contributed by atoms with E-state index in [0.29, 0.717) is 12.1 Å². The maximum atomic E-state index is 12.9. The highest BCUT2D eigenvalue weighted by molar-refractivity contribution is 6.05. The first-order valence-electron chi connectivity index (χ1n) is 10.9. The summed E-state index contributed by atoms with van der Waals surface area (Å²) in [6.45, 7) is 0.540. The molecule has 0 fully saturated rings. The minimum Gasteiger partial charge on any atom is -0.346 e. The predicted octanol–water partition coefficient (Wildman–Crippen LogP) is 5.28. The Bertz CT molecular complexity index is 1650. The monoisotopic (exact) mass is 444 g/mol. The molecule has 7 nitrogen and oxygen atoms in total. The minimum atomic E-state index is -0.144. The summed E-state index contributed by atoms with van der Waals surface area (Å²) in [4.78, 5) is 24.7. The van der Waals surface area contributed by atoms with E-state index in [1.165, 1.54) is 0 Å². The fourth-order valence-corrected chi connectivity index (χ4v) is 4.14. The van der Waals surface area contributed by atoms with Crippen LogP contribution in [0.5, 0.6) is 0 Å². The number of carbonyl (C=O) groups is 1. The summed E-state index contributed by atoms with van der Waals surface area (Å²) < 4.78 is 1.84. The second-order valence-corrected chi connectivity index (χ2v) is 8.11. The van der Waals surface area contributed by atoms with Gasteiger partial charge in [0, 0.05) is 34.6 Å². The molecule has 0 unspecified atom stereocenters. The molecule has 7 heteroatoms. The molecule has 0 atom stereocenters. The Balaban J connectivity index is 1.20. The van der Waals surface area contributed by atoms with Gasteiger partial charge in [-0.05, 0) is 46.7 Å². The van der Waals surface area contributed by atoms with E-state index in [0.717, 1.165) is 44.3 Å². The lowest BCUT2D eigenvalue weighted by atomic mass is 10.1. The molecule has 0 radical (unpaired) electrons. The highest BCUT2D eigenvalue weighted by Gasteiger charge is 2.11.